The van der Waals surface area contributed by atoms with Crippen LogP contribution < -0.4 is 10.6 Å². The summed E-state index contributed by atoms with van der Waals surface area (Å²) in [6.07, 6.45) is 6.50. The molecule has 6 heteroatoms. The highest BCUT2D eigenvalue weighted by molar-refractivity contribution is 6.03. The van der Waals surface area contributed by atoms with Gasteiger partial charge in [0.25, 0.3) is 5.91 Å². The molecule has 2 heterocycles. The molecule has 0 aliphatic rings. The fraction of sp³-hybridized carbons (Fsp3) is 0.158. The van der Waals surface area contributed by atoms with Gasteiger partial charge in [-0.1, -0.05) is 17.7 Å². The molecule has 0 aliphatic carbocycles. The zero-order valence-electron chi connectivity index (χ0n) is 14.2. The van der Waals surface area contributed by atoms with Crippen LogP contribution in [0, 0.1) is 13.8 Å². The first-order chi connectivity index (χ1) is 12.1. The molecule has 25 heavy (non-hydrogen) atoms. The Hall–Kier alpha value is -3.28. The standard InChI is InChI=1S/C19H19N5O/c1-13-3-4-16(14(2)9-13)24-19(25)17-11-23-18(12-21-17)22-10-15-5-7-20-8-6-15/h3-9,11-12H,10H2,1-2H3,(H,22,23)(H,24,25). The number of amides is 1. The van der Waals surface area contributed by atoms with Gasteiger partial charge in [0, 0.05) is 24.6 Å². The van der Waals surface area contributed by atoms with Crippen LogP contribution in [0.25, 0.3) is 0 Å². The van der Waals surface area contributed by atoms with Gasteiger partial charge in [-0.05, 0) is 43.2 Å². The second-order valence-electron chi connectivity index (χ2n) is 5.77. The van der Waals surface area contributed by atoms with Crippen LogP contribution in [0.4, 0.5) is 11.5 Å². The van der Waals surface area contributed by atoms with Crippen molar-refractivity contribution in [1.82, 2.24) is 15.0 Å². The van der Waals surface area contributed by atoms with Crippen molar-refractivity contribution >= 4 is 17.4 Å². The molecule has 0 saturated heterocycles. The largest absolute Gasteiger partial charge is 0.365 e. The first-order valence-electron chi connectivity index (χ1n) is 7.95. The van der Waals surface area contributed by atoms with Crippen LogP contribution in [-0.2, 0) is 6.54 Å². The first kappa shape index (κ1) is 16.6. The van der Waals surface area contributed by atoms with E-state index in [4.69, 9.17) is 0 Å². The number of carbonyl (C=O) groups excluding carboxylic acids is 1. The van der Waals surface area contributed by atoms with E-state index in [-0.39, 0.29) is 11.6 Å². The van der Waals surface area contributed by atoms with Crippen molar-refractivity contribution in [3.8, 4) is 0 Å². The minimum absolute atomic E-state index is 0.273. The summed E-state index contributed by atoms with van der Waals surface area (Å²) in [6, 6.07) is 9.72. The van der Waals surface area contributed by atoms with E-state index in [1.165, 1.54) is 6.20 Å². The Morgan fingerprint density at radius 2 is 1.84 bits per heavy atom. The highest BCUT2D eigenvalue weighted by Crippen LogP contribution is 2.16. The highest BCUT2D eigenvalue weighted by Gasteiger charge is 2.10. The smallest absolute Gasteiger partial charge is 0.275 e. The van der Waals surface area contributed by atoms with Gasteiger partial charge in [-0.3, -0.25) is 9.78 Å². The molecule has 3 aromatic rings. The average Bonchev–Trinajstić information content (AvgIpc) is 2.63. The molecule has 0 atom stereocenters. The number of rotatable bonds is 5. The Kier molecular flexibility index (Phi) is 4.99. The number of aromatic nitrogens is 3. The number of hydrogen-bond acceptors (Lipinski definition) is 5. The number of aryl methyl sites for hydroxylation is 2. The zero-order valence-corrected chi connectivity index (χ0v) is 14.2. The van der Waals surface area contributed by atoms with Crippen molar-refractivity contribution in [2.45, 2.75) is 20.4 Å². The lowest BCUT2D eigenvalue weighted by Gasteiger charge is -2.09. The zero-order chi connectivity index (χ0) is 17.6. The Bertz CT molecular complexity index is 863. The summed E-state index contributed by atoms with van der Waals surface area (Å²) in [7, 11) is 0. The third-order valence-corrected chi connectivity index (χ3v) is 3.74. The van der Waals surface area contributed by atoms with Gasteiger partial charge in [0.2, 0.25) is 0 Å². The summed E-state index contributed by atoms with van der Waals surface area (Å²) in [5, 5.41) is 6.02. The maximum atomic E-state index is 12.3. The molecular formula is C19H19N5O. The average molecular weight is 333 g/mol. The van der Waals surface area contributed by atoms with E-state index in [9.17, 15) is 4.79 Å². The Morgan fingerprint density at radius 3 is 2.52 bits per heavy atom. The Morgan fingerprint density at radius 1 is 1.04 bits per heavy atom. The van der Waals surface area contributed by atoms with Gasteiger partial charge in [0.15, 0.2) is 0 Å². The van der Waals surface area contributed by atoms with Crippen LogP contribution >= 0.6 is 0 Å². The van der Waals surface area contributed by atoms with E-state index >= 15 is 0 Å². The van der Waals surface area contributed by atoms with E-state index < -0.39 is 0 Å². The summed E-state index contributed by atoms with van der Waals surface area (Å²) in [6.45, 7) is 4.59. The van der Waals surface area contributed by atoms with Crippen molar-refractivity contribution in [3.05, 3.63) is 77.5 Å². The molecule has 3 rings (SSSR count). The number of nitrogens with zero attached hydrogens (tertiary/aromatic N) is 3. The molecule has 1 amide bonds. The quantitative estimate of drug-likeness (QED) is 0.748. The summed E-state index contributed by atoms with van der Waals surface area (Å²) < 4.78 is 0. The normalized spacial score (nSPS) is 10.3. The number of pyridine rings is 1. The maximum Gasteiger partial charge on any atom is 0.275 e. The lowest BCUT2D eigenvalue weighted by molar-refractivity contribution is 0.102. The SMILES string of the molecule is Cc1ccc(NC(=O)c2cnc(NCc3ccncc3)cn2)c(C)c1. The third-order valence-electron chi connectivity index (χ3n) is 3.74. The Balaban J connectivity index is 1.62. The summed E-state index contributed by atoms with van der Waals surface area (Å²) in [5.74, 6) is 0.333. The van der Waals surface area contributed by atoms with Crippen molar-refractivity contribution in [2.24, 2.45) is 0 Å². The maximum absolute atomic E-state index is 12.3. The van der Waals surface area contributed by atoms with Crippen molar-refractivity contribution < 1.29 is 4.79 Å². The molecule has 0 bridgehead atoms. The van der Waals surface area contributed by atoms with Gasteiger partial charge in [-0.2, -0.15) is 0 Å². The third kappa shape index (κ3) is 4.38. The molecule has 0 unspecified atom stereocenters. The number of hydrogen-bond donors (Lipinski definition) is 2. The molecule has 6 nitrogen and oxygen atoms in total. The van der Waals surface area contributed by atoms with Crippen LogP contribution in [0.1, 0.15) is 27.2 Å². The summed E-state index contributed by atoms with van der Waals surface area (Å²) >= 11 is 0. The van der Waals surface area contributed by atoms with E-state index in [1.807, 2.05) is 44.2 Å². The van der Waals surface area contributed by atoms with Gasteiger partial charge >= 0.3 is 0 Å². The molecule has 0 spiro atoms. The number of benzene rings is 1. The molecule has 1 aromatic carbocycles. The second kappa shape index (κ2) is 7.53. The molecule has 0 radical (unpaired) electrons. The first-order valence-corrected chi connectivity index (χ1v) is 7.95. The lowest BCUT2D eigenvalue weighted by atomic mass is 10.1. The van der Waals surface area contributed by atoms with E-state index in [2.05, 4.69) is 25.6 Å². The van der Waals surface area contributed by atoms with Gasteiger partial charge in [-0.25, -0.2) is 9.97 Å². The van der Waals surface area contributed by atoms with Gasteiger partial charge in [0.1, 0.15) is 11.5 Å². The van der Waals surface area contributed by atoms with Crippen LogP contribution in [0.5, 0.6) is 0 Å². The molecule has 2 aromatic heterocycles. The minimum Gasteiger partial charge on any atom is -0.365 e. The predicted molar refractivity (Wildman–Crippen MR) is 97.5 cm³/mol. The van der Waals surface area contributed by atoms with E-state index in [1.54, 1.807) is 18.6 Å². The Labute approximate surface area is 146 Å². The van der Waals surface area contributed by atoms with Crippen LogP contribution in [0.15, 0.2) is 55.1 Å². The number of carbonyl (C=O) groups is 1. The van der Waals surface area contributed by atoms with Crippen LogP contribution in [0.2, 0.25) is 0 Å². The predicted octanol–water partition coefficient (Wildman–Crippen LogP) is 3.35. The van der Waals surface area contributed by atoms with Crippen LogP contribution in [0.3, 0.4) is 0 Å². The molecule has 0 saturated carbocycles. The number of nitrogens with one attached hydrogen (secondary N) is 2. The second-order valence-corrected chi connectivity index (χ2v) is 5.77. The van der Waals surface area contributed by atoms with Gasteiger partial charge in [0.05, 0.1) is 12.4 Å². The van der Waals surface area contributed by atoms with Gasteiger partial charge in [-0.15, -0.1) is 0 Å². The minimum atomic E-state index is -0.278. The lowest BCUT2D eigenvalue weighted by Crippen LogP contribution is -2.15. The van der Waals surface area contributed by atoms with Crippen LogP contribution in [-0.4, -0.2) is 20.9 Å². The van der Waals surface area contributed by atoms with Gasteiger partial charge < -0.3 is 10.6 Å². The summed E-state index contributed by atoms with van der Waals surface area (Å²) in [4.78, 5) is 24.7. The molecule has 0 aliphatic heterocycles. The topological polar surface area (TPSA) is 79.8 Å². The van der Waals surface area contributed by atoms with E-state index in [0.29, 0.717) is 12.4 Å². The monoisotopic (exact) mass is 333 g/mol. The summed E-state index contributed by atoms with van der Waals surface area (Å²) in [5.41, 5.74) is 4.30. The fourth-order valence-corrected chi connectivity index (χ4v) is 2.37. The molecule has 0 fully saturated rings. The van der Waals surface area contributed by atoms with Crippen molar-refractivity contribution in [3.63, 3.8) is 0 Å². The van der Waals surface area contributed by atoms with Crippen molar-refractivity contribution in [2.75, 3.05) is 10.6 Å². The molecule has 126 valence electrons. The number of anilines is 2. The van der Waals surface area contributed by atoms with E-state index in [0.717, 1.165) is 22.4 Å². The van der Waals surface area contributed by atoms with Crippen molar-refractivity contribution in [1.29, 1.82) is 0 Å². The highest BCUT2D eigenvalue weighted by atomic mass is 16.1. The molecular weight excluding hydrogens is 314 g/mol. The fourth-order valence-electron chi connectivity index (χ4n) is 2.37. The molecule has 2 N–H and O–H groups in total.